The van der Waals surface area contributed by atoms with E-state index in [1.807, 2.05) is 6.07 Å². The lowest BCUT2D eigenvalue weighted by atomic mass is 10.1. The van der Waals surface area contributed by atoms with E-state index in [1.165, 1.54) is 11.1 Å². The maximum atomic E-state index is 9.45. The van der Waals surface area contributed by atoms with E-state index < -0.39 is 0 Å². The van der Waals surface area contributed by atoms with Crippen LogP contribution in [0.3, 0.4) is 0 Å². The number of benzene rings is 1. The fraction of sp³-hybridized carbons (Fsp3) is 0.467. The highest BCUT2D eigenvalue weighted by atomic mass is 16.3. The lowest BCUT2D eigenvalue weighted by molar-refractivity contribution is 0.221. The molecule has 0 aliphatic heterocycles. The lowest BCUT2D eigenvalue weighted by Crippen LogP contribution is -2.30. The van der Waals surface area contributed by atoms with Crippen LogP contribution in [0.2, 0.25) is 0 Å². The zero-order valence-electron chi connectivity index (χ0n) is 11.4. The van der Waals surface area contributed by atoms with Crippen LogP contribution in [0.15, 0.2) is 22.6 Å². The van der Waals surface area contributed by atoms with E-state index in [1.54, 1.807) is 0 Å². The number of fused-ring (bicyclic) bond motifs is 1. The van der Waals surface area contributed by atoms with Gasteiger partial charge in [-0.2, -0.15) is 0 Å². The highest BCUT2D eigenvalue weighted by Gasteiger charge is 2.17. The summed E-state index contributed by atoms with van der Waals surface area (Å²) in [6.07, 6.45) is 0. The van der Waals surface area contributed by atoms with Crippen molar-refractivity contribution in [1.82, 2.24) is 5.32 Å². The second-order valence-electron chi connectivity index (χ2n) is 5.13. The van der Waals surface area contributed by atoms with Gasteiger partial charge in [0.2, 0.25) is 0 Å². The molecule has 0 fully saturated rings. The van der Waals surface area contributed by atoms with Crippen LogP contribution in [0.1, 0.15) is 36.8 Å². The van der Waals surface area contributed by atoms with E-state index in [-0.39, 0.29) is 12.6 Å². The third-order valence-corrected chi connectivity index (χ3v) is 3.29. The van der Waals surface area contributed by atoms with Gasteiger partial charge in [-0.15, -0.1) is 0 Å². The van der Waals surface area contributed by atoms with Gasteiger partial charge in [0.1, 0.15) is 11.3 Å². The molecule has 0 aliphatic rings. The first-order valence-electron chi connectivity index (χ1n) is 6.39. The van der Waals surface area contributed by atoms with Crippen molar-refractivity contribution in [2.75, 3.05) is 6.61 Å². The molecule has 2 N–H and O–H groups in total. The molecule has 1 heterocycles. The monoisotopic (exact) mass is 247 g/mol. The molecule has 3 heteroatoms. The Bertz CT molecular complexity index is 543. The van der Waals surface area contributed by atoms with Crippen LogP contribution < -0.4 is 5.32 Å². The summed E-state index contributed by atoms with van der Waals surface area (Å²) >= 11 is 0. The van der Waals surface area contributed by atoms with Gasteiger partial charge in [0.25, 0.3) is 0 Å². The van der Waals surface area contributed by atoms with Crippen LogP contribution in [0.5, 0.6) is 0 Å². The number of aliphatic hydroxyl groups excluding tert-OH is 1. The van der Waals surface area contributed by atoms with Crippen molar-refractivity contribution in [2.45, 2.75) is 39.8 Å². The topological polar surface area (TPSA) is 45.4 Å². The molecule has 1 atom stereocenters. The molecule has 3 nitrogen and oxygen atoms in total. The Labute approximate surface area is 108 Å². The zero-order chi connectivity index (χ0) is 13.3. The first kappa shape index (κ1) is 13.1. The Balaban J connectivity index is 2.43. The Morgan fingerprint density at radius 2 is 2.00 bits per heavy atom. The molecule has 0 aliphatic carbocycles. The van der Waals surface area contributed by atoms with Crippen molar-refractivity contribution in [1.29, 1.82) is 0 Å². The van der Waals surface area contributed by atoms with Crippen LogP contribution in [-0.2, 0) is 0 Å². The minimum Gasteiger partial charge on any atom is -0.459 e. The molecule has 0 saturated carbocycles. The predicted molar refractivity (Wildman–Crippen MR) is 73.8 cm³/mol. The highest BCUT2D eigenvalue weighted by Crippen LogP contribution is 2.28. The van der Waals surface area contributed by atoms with E-state index in [0.717, 1.165) is 16.7 Å². The van der Waals surface area contributed by atoms with Crippen LogP contribution in [0, 0.1) is 13.8 Å². The van der Waals surface area contributed by atoms with Gasteiger partial charge in [0.15, 0.2) is 0 Å². The van der Waals surface area contributed by atoms with E-state index in [2.05, 4.69) is 45.1 Å². The maximum absolute atomic E-state index is 9.45. The summed E-state index contributed by atoms with van der Waals surface area (Å²) in [5, 5.41) is 13.8. The molecule has 1 aromatic heterocycles. The zero-order valence-corrected chi connectivity index (χ0v) is 11.4. The van der Waals surface area contributed by atoms with Crippen LogP contribution in [-0.4, -0.2) is 17.8 Å². The Kier molecular flexibility index (Phi) is 3.73. The summed E-state index contributed by atoms with van der Waals surface area (Å²) in [5.74, 6) is 0.801. The molecular weight excluding hydrogens is 226 g/mol. The van der Waals surface area contributed by atoms with Crippen LogP contribution in [0.25, 0.3) is 11.0 Å². The number of hydrogen-bond donors (Lipinski definition) is 2. The molecular formula is C15H21NO2. The molecule has 98 valence electrons. The second kappa shape index (κ2) is 5.12. The highest BCUT2D eigenvalue weighted by molar-refractivity contribution is 5.82. The van der Waals surface area contributed by atoms with Gasteiger partial charge >= 0.3 is 0 Å². The Morgan fingerprint density at radius 3 is 2.61 bits per heavy atom. The van der Waals surface area contributed by atoms with Gasteiger partial charge in [0.05, 0.1) is 12.6 Å². The standard InChI is InChI=1S/C15H21NO2/c1-9(2)16-13(8-17)14-7-12-6-5-10(3)11(4)15(12)18-14/h5-7,9,13,16-17H,8H2,1-4H3. The smallest absolute Gasteiger partial charge is 0.137 e. The number of furan rings is 1. The average Bonchev–Trinajstić information content (AvgIpc) is 2.75. The molecule has 0 radical (unpaired) electrons. The summed E-state index contributed by atoms with van der Waals surface area (Å²) in [6, 6.07) is 6.34. The van der Waals surface area contributed by atoms with E-state index in [9.17, 15) is 5.11 Å². The first-order valence-corrected chi connectivity index (χ1v) is 6.39. The Hall–Kier alpha value is -1.32. The molecule has 0 bridgehead atoms. The van der Waals surface area contributed by atoms with E-state index >= 15 is 0 Å². The number of hydrogen-bond acceptors (Lipinski definition) is 3. The van der Waals surface area contributed by atoms with E-state index in [4.69, 9.17) is 4.42 Å². The predicted octanol–water partition coefficient (Wildman–Crippen LogP) is 3.08. The fourth-order valence-electron chi connectivity index (χ4n) is 2.16. The second-order valence-corrected chi connectivity index (χ2v) is 5.13. The van der Waals surface area contributed by atoms with Crippen molar-refractivity contribution in [3.63, 3.8) is 0 Å². The Morgan fingerprint density at radius 1 is 1.28 bits per heavy atom. The lowest BCUT2D eigenvalue weighted by Gasteiger charge is -2.16. The van der Waals surface area contributed by atoms with Crippen LogP contribution in [0.4, 0.5) is 0 Å². The largest absolute Gasteiger partial charge is 0.459 e. The molecule has 2 aromatic rings. The van der Waals surface area contributed by atoms with E-state index in [0.29, 0.717) is 6.04 Å². The minimum atomic E-state index is -0.142. The number of aryl methyl sites for hydroxylation is 2. The van der Waals surface area contributed by atoms with Crippen molar-refractivity contribution in [2.24, 2.45) is 0 Å². The van der Waals surface area contributed by atoms with Crippen molar-refractivity contribution in [3.8, 4) is 0 Å². The molecule has 1 unspecified atom stereocenters. The van der Waals surface area contributed by atoms with Crippen LogP contribution >= 0.6 is 0 Å². The van der Waals surface area contributed by atoms with Crippen molar-refractivity contribution in [3.05, 3.63) is 35.1 Å². The fourth-order valence-corrected chi connectivity index (χ4v) is 2.16. The van der Waals surface area contributed by atoms with Gasteiger partial charge in [-0.1, -0.05) is 26.0 Å². The first-order chi connectivity index (χ1) is 8.52. The molecule has 0 saturated heterocycles. The van der Waals surface area contributed by atoms with Crippen molar-refractivity contribution >= 4 is 11.0 Å². The normalized spacial score (nSPS) is 13.4. The summed E-state index contributed by atoms with van der Waals surface area (Å²) in [7, 11) is 0. The number of aliphatic hydroxyl groups is 1. The number of rotatable bonds is 4. The average molecular weight is 247 g/mol. The summed E-state index contributed by atoms with van der Waals surface area (Å²) in [5.41, 5.74) is 3.31. The molecule has 0 amide bonds. The molecule has 1 aromatic carbocycles. The third kappa shape index (κ3) is 2.42. The van der Waals surface area contributed by atoms with Gasteiger partial charge in [-0.05, 0) is 31.0 Å². The molecule has 2 rings (SSSR count). The van der Waals surface area contributed by atoms with Gasteiger partial charge in [-0.25, -0.2) is 0 Å². The summed E-state index contributed by atoms with van der Waals surface area (Å²) in [6.45, 7) is 8.29. The van der Waals surface area contributed by atoms with Crippen molar-refractivity contribution < 1.29 is 9.52 Å². The summed E-state index contributed by atoms with van der Waals surface area (Å²) in [4.78, 5) is 0. The SMILES string of the molecule is Cc1ccc2cc(C(CO)NC(C)C)oc2c1C. The minimum absolute atomic E-state index is 0.0377. The molecule has 18 heavy (non-hydrogen) atoms. The van der Waals surface area contributed by atoms with Gasteiger partial charge < -0.3 is 14.8 Å². The maximum Gasteiger partial charge on any atom is 0.137 e. The molecule has 0 spiro atoms. The summed E-state index contributed by atoms with van der Waals surface area (Å²) < 4.78 is 5.91. The third-order valence-electron chi connectivity index (χ3n) is 3.29. The quantitative estimate of drug-likeness (QED) is 0.872. The van der Waals surface area contributed by atoms with Gasteiger partial charge in [-0.3, -0.25) is 0 Å². The van der Waals surface area contributed by atoms with Gasteiger partial charge in [0, 0.05) is 11.4 Å². The number of nitrogens with one attached hydrogen (secondary N) is 1.